The van der Waals surface area contributed by atoms with E-state index >= 15 is 0 Å². The SMILES string of the molecule is Cc1cc(/C=C2/SC(=O)N(CC(=O)Nc3ccc(Cl)cc3)C2=O)c(C)n1-c1ccc(C(=O)O)cc1. The minimum Gasteiger partial charge on any atom is -0.478 e. The number of aromatic carboxylic acids is 1. The van der Waals surface area contributed by atoms with Gasteiger partial charge in [0.15, 0.2) is 0 Å². The molecule has 0 atom stereocenters. The minimum atomic E-state index is -1.00. The van der Waals surface area contributed by atoms with E-state index in [4.69, 9.17) is 16.7 Å². The van der Waals surface area contributed by atoms with Gasteiger partial charge in [0, 0.05) is 27.8 Å². The van der Waals surface area contributed by atoms with E-state index in [1.54, 1.807) is 42.5 Å². The molecule has 0 aliphatic carbocycles. The van der Waals surface area contributed by atoms with Gasteiger partial charge in [0.2, 0.25) is 5.91 Å². The van der Waals surface area contributed by atoms with Crippen molar-refractivity contribution < 1.29 is 24.3 Å². The molecule has 2 N–H and O–H groups in total. The fourth-order valence-electron chi connectivity index (χ4n) is 3.74. The van der Waals surface area contributed by atoms with E-state index in [-0.39, 0.29) is 10.5 Å². The molecule has 178 valence electrons. The third-order valence-corrected chi connectivity index (χ3v) is 6.59. The average molecular weight is 510 g/mol. The molecule has 1 aromatic heterocycles. The van der Waals surface area contributed by atoms with Crippen molar-refractivity contribution in [3.63, 3.8) is 0 Å². The fourth-order valence-corrected chi connectivity index (χ4v) is 4.69. The molecule has 10 heteroatoms. The number of nitrogens with one attached hydrogen (secondary N) is 1. The normalized spacial score (nSPS) is 14.6. The molecule has 1 fully saturated rings. The van der Waals surface area contributed by atoms with Crippen molar-refractivity contribution in [3.8, 4) is 5.69 Å². The summed E-state index contributed by atoms with van der Waals surface area (Å²) in [6.45, 7) is 3.36. The molecule has 3 aromatic rings. The van der Waals surface area contributed by atoms with Crippen LogP contribution in [0.25, 0.3) is 11.8 Å². The zero-order valence-electron chi connectivity index (χ0n) is 18.7. The number of carboxylic acid groups (broad SMARTS) is 1. The second-order valence-corrected chi connectivity index (χ2v) is 9.27. The molecule has 4 rings (SSSR count). The number of carbonyl (C=O) groups is 4. The van der Waals surface area contributed by atoms with Gasteiger partial charge in [-0.25, -0.2) is 4.79 Å². The van der Waals surface area contributed by atoms with E-state index in [9.17, 15) is 19.2 Å². The van der Waals surface area contributed by atoms with Gasteiger partial charge in [-0.05, 0) is 91.8 Å². The maximum Gasteiger partial charge on any atom is 0.335 e. The number of rotatable bonds is 6. The number of anilines is 1. The molecule has 1 aliphatic heterocycles. The first-order chi connectivity index (χ1) is 16.6. The van der Waals surface area contributed by atoms with Crippen LogP contribution in [0.3, 0.4) is 0 Å². The third kappa shape index (κ3) is 5.16. The van der Waals surface area contributed by atoms with Gasteiger partial charge in [-0.3, -0.25) is 19.3 Å². The van der Waals surface area contributed by atoms with Gasteiger partial charge < -0.3 is 15.0 Å². The molecule has 0 saturated carbocycles. The molecular formula is C25H20ClN3O5S. The second kappa shape index (κ2) is 9.81. The predicted molar refractivity (Wildman–Crippen MR) is 135 cm³/mol. The average Bonchev–Trinajstić information content (AvgIpc) is 3.24. The van der Waals surface area contributed by atoms with Crippen LogP contribution in [0.5, 0.6) is 0 Å². The first-order valence-corrected chi connectivity index (χ1v) is 11.7. The quantitative estimate of drug-likeness (QED) is 0.446. The molecule has 2 heterocycles. The number of aryl methyl sites for hydroxylation is 1. The Balaban J connectivity index is 1.52. The summed E-state index contributed by atoms with van der Waals surface area (Å²) >= 11 is 6.62. The van der Waals surface area contributed by atoms with Crippen LogP contribution in [0.2, 0.25) is 5.02 Å². The van der Waals surface area contributed by atoms with E-state index in [1.165, 1.54) is 12.1 Å². The summed E-state index contributed by atoms with van der Waals surface area (Å²) in [6.07, 6.45) is 1.63. The number of carbonyl (C=O) groups excluding carboxylic acids is 3. The molecule has 3 amide bonds. The summed E-state index contributed by atoms with van der Waals surface area (Å²) in [6, 6.07) is 14.8. The zero-order valence-corrected chi connectivity index (χ0v) is 20.3. The molecule has 2 aromatic carbocycles. The van der Waals surface area contributed by atoms with Gasteiger partial charge >= 0.3 is 5.97 Å². The minimum absolute atomic E-state index is 0.185. The number of amides is 3. The van der Waals surface area contributed by atoms with E-state index in [1.807, 2.05) is 24.5 Å². The lowest BCUT2D eigenvalue weighted by molar-refractivity contribution is -0.127. The van der Waals surface area contributed by atoms with Gasteiger partial charge in [0.1, 0.15) is 6.54 Å². The van der Waals surface area contributed by atoms with Crippen molar-refractivity contribution in [2.75, 3.05) is 11.9 Å². The smallest absolute Gasteiger partial charge is 0.335 e. The maximum absolute atomic E-state index is 12.9. The molecule has 8 nitrogen and oxygen atoms in total. The Hall–Kier alpha value is -3.82. The van der Waals surface area contributed by atoms with Crippen LogP contribution in [0, 0.1) is 13.8 Å². The third-order valence-electron chi connectivity index (χ3n) is 5.43. The van der Waals surface area contributed by atoms with E-state index in [2.05, 4.69) is 5.32 Å². The Labute approximate surface area is 210 Å². The van der Waals surface area contributed by atoms with Gasteiger partial charge in [0.05, 0.1) is 10.5 Å². The molecule has 0 bridgehead atoms. The van der Waals surface area contributed by atoms with Crippen LogP contribution in [0.1, 0.15) is 27.3 Å². The number of hydrogen-bond acceptors (Lipinski definition) is 5. The number of carboxylic acids is 1. The molecule has 0 radical (unpaired) electrons. The highest BCUT2D eigenvalue weighted by Crippen LogP contribution is 2.33. The summed E-state index contributed by atoms with van der Waals surface area (Å²) in [7, 11) is 0. The topological polar surface area (TPSA) is 109 Å². The molecule has 0 unspecified atom stereocenters. The highest BCUT2D eigenvalue weighted by molar-refractivity contribution is 8.18. The molecule has 1 saturated heterocycles. The van der Waals surface area contributed by atoms with E-state index < -0.39 is 29.6 Å². The van der Waals surface area contributed by atoms with E-state index in [0.29, 0.717) is 10.7 Å². The van der Waals surface area contributed by atoms with Gasteiger partial charge in [-0.15, -0.1) is 0 Å². The summed E-state index contributed by atoms with van der Waals surface area (Å²) in [5, 5.41) is 11.8. The molecule has 0 spiro atoms. The van der Waals surface area contributed by atoms with Crippen molar-refractivity contribution in [3.05, 3.63) is 87.0 Å². The van der Waals surface area contributed by atoms with Crippen LogP contribution < -0.4 is 5.32 Å². The second-order valence-electron chi connectivity index (χ2n) is 7.84. The lowest BCUT2D eigenvalue weighted by Crippen LogP contribution is -2.36. The van der Waals surface area contributed by atoms with Gasteiger partial charge in [0.25, 0.3) is 11.1 Å². The summed E-state index contributed by atoms with van der Waals surface area (Å²) < 4.78 is 1.93. The Kier molecular flexibility index (Phi) is 6.81. The Morgan fingerprint density at radius 1 is 1.06 bits per heavy atom. The number of thioether (sulfide) groups is 1. The Morgan fingerprint density at radius 3 is 2.34 bits per heavy atom. The number of imide groups is 1. The lowest BCUT2D eigenvalue weighted by atomic mass is 10.2. The van der Waals surface area contributed by atoms with Crippen LogP contribution >= 0.6 is 23.4 Å². The first kappa shape index (κ1) is 24.3. The maximum atomic E-state index is 12.9. The highest BCUT2D eigenvalue weighted by atomic mass is 35.5. The molecule has 35 heavy (non-hydrogen) atoms. The Morgan fingerprint density at radius 2 is 1.71 bits per heavy atom. The van der Waals surface area contributed by atoms with Crippen molar-refractivity contribution in [2.24, 2.45) is 0 Å². The summed E-state index contributed by atoms with van der Waals surface area (Å²) in [5.74, 6) is -2.04. The van der Waals surface area contributed by atoms with Crippen LogP contribution in [-0.2, 0) is 9.59 Å². The highest BCUT2D eigenvalue weighted by Gasteiger charge is 2.36. The number of aromatic nitrogens is 1. The van der Waals surface area contributed by atoms with Crippen LogP contribution in [0.15, 0.2) is 59.5 Å². The monoisotopic (exact) mass is 509 g/mol. The Bertz CT molecular complexity index is 1380. The lowest BCUT2D eigenvalue weighted by Gasteiger charge is -2.12. The van der Waals surface area contributed by atoms with Crippen LogP contribution in [-0.4, -0.2) is 44.1 Å². The number of benzene rings is 2. The van der Waals surface area contributed by atoms with Gasteiger partial charge in [-0.1, -0.05) is 11.6 Å². The number of nitrogens with zero attached hydrogens (tertiary/aromatic N) is 2. The standard InChI is InChI=1S/C25H20ClN3O5S/c1-14-11-17(15(2)29(14)20-9-3-16(4-10-20)24(32)33)12-21-23(31)28(25(34)35-21)13-22(30)27-19-7-5-18(26)6-8-19/h3-12H,13H2,1-2H3,(H,27,30)(H,32,33)/b21-12+. The van der Waals surface area contributed by atoms with E-state index in [0.717, 1.165) is 39.3 Å². The van der Waals surface area contributed by atoms with Crippen molar-refractivity contribution in [1.29, 1.82) is 0 Å². The van der Waals surface area contributed by atoms with Crippen molar-refractivity contribution >= 4 is 58.1 Å². The van der Waals surface area contributed by atoms with Crippen LogP contribution in [0.4, 0.5) is 10.5 Å². The zero-order chi connectivity index (χ0) is 25.3. The number of halogens is 1. The molecule has 1 aliphatic rings. The first-order valence-electron chi connectivity index (χ1n) is 10.5. The van der Waals surface area contributed by atoms with Crippen molar-refractivity contribution in [1.82, 2.24) is 9.47 Å². The fraction of sp³-hybridized carbons (Fsp3) is 0.120. The summed E-state index contributed by atoms with van der Waals surface area (Å²) in [5.41, 5.74) is 3.89. The summed E-state index contributed by atoms with van der Waals surface area (Å²) in [4.78, 5) is 50.0. The van der Waals surface area contributed by atoms with Crippen molar-refractivity contribution in [2.45, 2.75) is 13.8 Å². The molecular weight excluding hydrogens is 490 g/mol. The predicted octanol–water partition coefficient (Wildman–Crippen LogP) is 5.12. The largest absolute Gasteiger partial charge is 0.478 e. The number of hydrogen-bond donors (Lipinski definition) is 2. The van der Waals surface area contributed by atoms with Gasteiger partial charge in [-0.2, -0.15) is 0 Å².